The van der Waals surface area contributed by atoms with Crippen LogP contribution in [0.2, 0.25) is 0 Å². The molecule has 0 aromatic carbocycles. The van der Waals surface area contributed by atoms with Gasteiger partial charge in [0.25, 0.3) is 0 Å². The Morgan fingerprint density at radius 1 is 1.44 bits per heavy atom. The maximum Gasteiger partial charge on any atom is 0.0871 e. The maximum atomic E-state index is 5.54. The molecule has 1 atom stereocenters. The summed E-state index contributed by atoms with van der Waals surface area (Å²) >= 11 is 0. The van der Waals surface area contributed by atoms with Crippen molar-refractivity contribution in [1.82, 2.24) is 5.32 Å². The van der Waals surface area contributed by atoms with Crippen LogP contribution in [0.4, 0.5) is 0 Å². The molecule has 1 aliphatic rings. The molecule has 0 aliphatic heterocycles. The highest BCUT2D eigenvalue weighted by molar-refractivity contribution is 6.15. The quantitative estimate of drug-likeness (QED) is 0.784. The van der Waals surface area contributed by atoms with Crippen LogP contribution in [0.5, 0.6) is 0 Å². The fraction of sp³-hybridized carbons (Fsp3) is 0.533. The van der Waals surface area contributed by atoms with Crippen LogP contribution in [0.3, 0.4) is 0 Å². The van der Waals surface area contributed by atoms with Crippen LogP contribution in [0.15, 0.2) is 40.1 Å². The molecule has 100 valence electrons. The van der Waals surface area contributed by atoms with Gasteiger partial charge in [-0.25, -0.2) is 0 Å². The normalized spacial score (nSPS) is 21.8. The number of aliphatic imine (C=N–C) groups is 1. The van der Waals surface area contributed by atoms with Crippen molar-refractivity contribution in [3.05, 3.63) is 35.1 Å². The van der Waals surface area contributed by atoms with Crippen molar-refractivity contribution in [1.29, 1.82) is 0 Å². The number of allylic oxidation sites excluding steroid dienone is 5. The minimum absolute atomic E-state index is 0.417. The first-order valence-electron chi connectivity index (χ1n) is 6.62. The average molecular weight is 247 g/mol. The molecular formula is C15H25N3. The van der Waals surface area contributed by atoms with E-state index in [2.05, 4.69) is 42.4 Å². The van der Waals surface area contributed by atoms with Gasteiger partial charge in [-0.15, -0.1) is 0 Å². The highest BCUT2D eigenvalue weighted by atomic mass is 14.9. The lowest BCUT2D eigenvalue weighted by Gasteiger charge is -2.22. The number of nitrogens with two attached hydrogens (primary N) is 1. The molecule has 0 amide bonds. The Bertz CT molecular complexity index is 400. The zero-order valence-electron chi connectivity index (χ0n) is 12.0. The monoisotopic (exact) mass is 247 g/mol. The predicted molar refractivity (Wildman–Crippen MR) is 79.8 cm³/mol. The number of nitrogens with zero attached hydrogens (tertiary/aromatic N) is 1. The molecule has 0 fully saturated rings. The van der Waals surface area contributed by atoms with Gasteiger partial charge in [0.15, 0.2) is 0 Å². The molecule has 0 aromatic rings. The molecule has 3 nitrogen and oxygen atoms in total. The van der Waals surface area contributed by atoms with Crippen LogP contribution in [0.1, 0.15) is 33.6 Å². The molecule has 1 aliphatic carbocycles. The molecule has 18 heavy (non-hydrogen) atoms. The summed E-state index contributed by atoms with van der Waals surface area (Å²) in [4.78, 5) is 4.40. The van der Waals surface area contributed by atoms with E-state index in [9.17, 15) is 0 Å². The molecule has 0 spiro atoms. The minimum atomic E-state index is 0.417. The van der Waals surface area contributed by atoms with Gasteiger partial charge in [0.2, 0.25) is 0 Å². The highest BCUT2D eigenvalue weighted by Crippen LogP contribution is 2.19. The van der Waals surface area contributed by atoms with E-state index in [1.54, 1.807) is 0 Å². The molecule has 3 heteroatoms. The summed E-state index contributed by atoms with van der Waals surface area (Å²) in [7, 11) is 1.84. The number of hydrogen-bond donors (Lipinski definition) is 2. The topological polar surface area (TPSA) is 50.4 Å². The Balaban J connectivity index is 2.82. The number of nitrogens with one attached hydrogen (secondary N) is 1. The summed E-state index contributed by atoms with van der Waals surface area (Å²) in [5, 5.41) is 3.54. The van der Waals surface area contributed by atoms with Crippen LogP contribution < -0.4 is 11.1 Å². The molecule has 0 heterocycles. The van der Waals surface area contributed by atoms with Crippen LogP contribution >= 0.6 is 0 Å². The number of hydrogen-bond acceptors (Lipinski definition) is 3. The Kier molecular flexibility index (Phi) is 5.86. The van der Waals surface area contributed by atoms with E-state index < -0.39 is 0 Å². The van der Waals surface area contributed by atoms with Crippen molar-refractivity contribution < 1.29 is 0 Å². The van der Waals surface area contributed by atoms with Gasteiger partial charge in [-0.3, -0.25) is 4.99 Å². The first-order chi connectivity index (χ1) is 8.62. The second kappa shape index (κ2) is 7.17. The summed E-state index contributed by atoms with van der Waals surface area (Å²) in [6, 6.07) is 0.417. The molecule has 1 unspecified atom stereocenters. The highest BCUT2D eigenvalue weighted by Gasteiger charge is 2.16. The first kappa shape index (κ1) is 14.7. The minimum Gasteiger partial charge on any atom is -0.381 e. The van der Waals surface area contributed by atoms with E-state index in [1.807, 2.05) is 14.0 Å². The lowest BCUT2D eigenvalue weighted by atomic mass is 9.96. The molecule has 0 bridgehead atoms. The van der Waals surface area contributed by atoms with Crippen molar-refractivity contribution in [2.24, 2.45) is 10.7 Å². The molecule has 1 rings (SSSR count). The van der Waals surface area contributed by atoms with Gasteiger partial charge in [0.1, 0.15) is 0 Å². The summed E-state index contributed by atoms with van der Waals surface area (Å²) < 4.78 is 0. The fourth-order valence-corrected chi connectivity index (χ4v) is 2.15. The third-order valence-corrected chi connectivity index (χ3v) is 3.06. The summed E-state index contributed by atoms with van der Waals surface area (Å²) in [5.74, 6) is 0. The SMILES string of the molecule is C/C=C1/C=C(C)C=C(NC(C)CCCN)C1=NC. The van der Waals surface area contributed by atoms with E-state index in [0.717, 1.165) is 30.8 Å². The van der Waals surface area contributed by atoms with Gasteiger partial charge in [-0.1, -0.05) is 12.2 Å². The molecule has 0 aromatic heterocycles. The van der Waals surface area contributed by atoms with Gasteiger partial charge in [0.05, 0.1) is 11.4 Å². The summed E-state index contributed by atoms with van der Waals surface area (Å²) in [6.07, 6.45) is 8.56. The van der Waals surface area contributed by atoms with Gasteiger partial charge in [0, 0.05) is 13.1 Å². The van der Waals surface area contributed by atoms with E-state index in [-0.39, 0.29) is 0 Å². The molecule has 0 saturated carbocycles. The smallest absolute Gasteiger partial charge is 0.0871 e. The summed E-state index contributed by atoms with van der Waals surface area (Å²) in [6.45, 7) is 7.10. The number of rotatable bonds is 5. The molecule has 3 N–H and O–H groups in total. The van der Waals surface area contributed by atoms with Crippen LogP contribution in [0.25, 0.3) is 0 Å². The van der Waals surface area contributed by atoms with Crippen molar-refractivity contribution in [3.8, 4) is 0 Å². The third-order valence-electron chi connectivity index (χ3n) is 3.06. The van der Waals surface area contributed by atoms with Crippen molar-refractivity contribution >= 4 is 5.71 Å². The maximum absolute atomic E-state index is 5.54. The lowest BCUT2D eigenvalue weighted by molar-refractivity contribution is 0.557. The standard InChI is InChI=1S/C15H25N3/c1-5-13-9-11(2)10-14(15(13)17-4)18-12(3)7-6-8-16/h5,9-10,12,18H,6-8,16H2,1-4H3/b13-5-,17-15?. The van der Waals surface area contributed by atoms with Gasteiger partial charge < -0.3 is 11.1 Å². The van der Waals surface area contributed by atoms with Crippen LogP contribution in [0, 0.1) is 0 Å². The predicted octanol–water partition coefficient (Wildman–Crippen LogP) is 2.56. The first-order valence-corrected chi connectivity index (χ1v) is 6.62. The fourth-order valence-electron chi connectivity index (χ4n) is 2.15. The lowest BCUT2D eigenvalue weighted by Crippen LogP contribution is -2.31. The van der Waals surface area contributed by atoms with Gasteiger partial charge >= 0.3 is 0 Å². The van der Waals surface area contributed by atoms with Crippen LogP contribution in [-0.4, -0.2) is 25.3 Å². The largest absolute Gasteiger partial charge is 0.381 e. The van der Waals surface area contributed by atoms with Gasteiger partial charge in [-0.2, -0.15) is 0 Å². The Hall–Kier alpha value is -1.35. The molecular weight excluding hydrogens is 222 g/mol. The zero-order valence-corrected chi connectivity index (χ0v) is 12.0. The van der Waals surface area contributed by atoms with E-state index >= 15 is 0 Å². The van der Waals surface area contributed by atoms with Crippen molar-refractivity contribution in [2.75, 3.05) is 13.6 Å². The van der Waals surface area contributed by atoms with Crippen LogP contribution in [-0.2, 0) is 0 Å². The van der Waals surface area contributed by atoms with E-state index in [0.29, 0.717) is 6.04 Å². The van der Waals surface area contributed by atoms with E-state index in [1.165, 1.54) is 11.1 Å². The zero-order chi connectivity index (χ0) is 13.5. The van der Waals surface area contributed by atoms with E-state index in [4.69, 9.17) is 5.73 Å². The summed E-state index contributed by atoms with van der Waals surface area (Å²) in [5.41, 5.74) is 10.1. The molecule has 0 saturated heterocycles. The Morgan fingerprint density at radius 2 is 2.17 bits per heavy atom. The van der Waals surface area contributed by atoms with Gasteiger partial charge in [-0.05, 0) is 57.4 Å². The van der Waals surface area contributed by atoms with Crippen molar-refractivity contribution in [3.63, 3.8) is 0 Å². The Morgan fingerprint density at radius 3 is 2.72 bits per heavy atom. The average Bonchev–Trinajstić information content (AvgIpc) is 2.35. The second-order valence-corrected chi connectivity index (χ2v) is 4.74. The Labute approximate surface area is 111 Å². The third kappa shape index (κ3) is 3.84. The second-order valence-electron chi connectivity index (χ2n) is 4.74. The molecule has 0 radical (unpaired) electrons. The van der Waals surface area contributed by atoms with Crippen molar-refractivity contribution in [2.45, 2.75) is 39.7 Å².